The van der Waals surface area contributed by atoms with Crippen molar-refractivity contribution >= 4 is 11.8 Å². The van der Waals surface area contributed by atoms with Crippen molar-refractivity contribution in [1.82, 2.24) is 0 Å². The molecule has 0 aromatic carbocycles. The number of rotatable bonds is 6. The molecule has 0 spiro atoms. The molecule has 1 fully saturated rings. The summed E-state index contributed by atoms with van der Waals surface area (Å²) in [5.41, 5.74) is 0.576. The summed E-state index contributed by atoms with van der Waals surface area (Å²) in [5.74, 6) is 1.86. The minimum absolute atomic E-state index is 0.576. The summed E-state index contributed by atoms with van der Waals surface area (Å²) in [6.07, 6.45) is 12.5. The van der Waals surface area contributed by atoms with Crippen LogP contribution in [0.25, 0.3) is 0 Å². The molecule has 0 aromatic rings. The SMILES string of the molecule is CSC(C)C(C)CCC(C)(C)C1CCCCC1. The van der Waals surface area contributed by atoms with E-state index >= 15 is 0 Å². The van der Waals surface area contributed by atoms with Gasteiger partial charge < -0.3 is 0 Å². The van der Waals surface area contributed by atoms with Crippen molar-refractivity contribution in [2.75, 3.05) is 6.26 Å². The van der Waals surface area contributed by atoms with Crippen LogP contribution >= 0.6 is 11.8 Å². The van der Waals surface area contributed by atoms with Crippen molar-refractivity contribution in [3.05, 3.63) is 0 Å². The van der Waals surface area contributed by atoms with Gasteiger partial charge in [-0.05, 0) is 49.2 Å². The van der Waals surface area contributed by atoms with E-state index < -0.39 is 0 Å². The van der Waals surface area contributed by atoms with Gasteiger partial charge in [-0.25, -0.2) is 0 Å². The lowest BCUT2D eigenvalue weighted by Crippen LogP contribution is -2.27. The first-order valence-electron chi connectivity index (χ1n) is 7.50. The molecule has 1 saturated carbocycles. The van der Waals surface area contributed by atoms with Gasteiger partial charge in [0.1, 0.15) is 0 Å². The molecule has 0 aliphatic heterocycles. The van der Waals surface area contributed by atoms with Gasteiger partial charge in [0.25, 0.3) is 0 Å². The zero-order valence-corrected chi connectivity index (χ0v) is 13.4. The van der Waals surface area contributed by atoms with Gasteiger partial charge >= 0.3 is 0 Å². The maximum atomic E-state index is 2.51. The van der Waals surface area contributed by atoms with Crippen LogP contribution in [0.2, 0.25) is 0 Å². The predicted octanol–water partition coefficient (Wildman–Crippen LogP) is 5.76. The van der Waals surface area contributed by atoms with Crippen LogP contribution in [-0.4, -0.2) is 11.5 Å². The monoisotopic (exact) mass is 256 g/mol. The normalized spacial score (nSPS) is 22.4. The van der Waals surface area contributed by atoms with Gasteiger partial charge in [0.2, 0.25) is 0 Å². The van der Waals surface area contributed by atoms with Crippen molar-refractivity contribution in [3.63, 3.8) is 0 Å². The first-order chi connectivity index (χ1) is 7.97. The molecule has 0 amide bonds. The van der Waals surface area contributed by atoms with Crippen LogP contribution in [0.4, 0.5) is 0 Å². The van der Waals surface area contributed by atoms with E-state index in [1.807, 2.05) is 11.8 Å². The predicted molar refractivity (Wildman–Crippen MR) is 81.7 cm³/mol. The van der Waals surface area contributed by atoms with E-state index in [4.69, 9.17) is 0 Å². The Morgan fingerprint density at radius 3 is 2.24 bits per heavy atom. The maximum Gasteiger partial charge on any atom is 0.00415 e. The van der Waals surface area contributed by atoms with E-state index in [1.165, 1.54) is 44.9 Å². The molecule has 0 bridgehead atoms. The van der Waals surface area contributed by atoms with Gasteiger partial charge in [0.05, 0.1) is 0 Å². The van der Waals surface area contributed by atoms with Gasteiger partial charge in [-0.3, -0.25) is 0 Å². The molecule has 0 N–H and O–H groups in total. The topological polar surface area (TPSA) is 0 Å². The van der Waals surface area contributed by atoms with Crippen molar-refractivity contribution in [1.29, 1.82) is 0 Å². The second-order valence-electron chi connectivity index (χ2n) is 6.78. The summed E-state index contributed by atoms with van der Waals surface area (Å²) in [6, 6.07) is 0. The van der Waals surface area contributed by atoms with Crippen molar-refractivity contribution in [2.45, 2.75) is 77.9 Å². The Morgan fingerprint density at radius 1 is 1.12 bits per heavy atom. The Morgan fingerprint density at radius 2 is 1.71 bits per heavy atom. The lowest BCUT2D eigenvalue weighted by atomic mass is 9.68. The molecule has 1 aliphatic rings. The van der Waals surface area contributed by atoms with E-state index in [1.54, 1.807) is 0 Å². The largest absolute Gasteiger partial charge is 0.162 e. The quantitative estimate of drug-likeness (QED) is 0.582. The minimum Gasteiger partial charge on any atom is -0.162 e. The van der Waals surface area contributed by atoms with Crippen molar-refractivity contribution in [2.24, 2.45) is 17.3 Å². The van der Waals surface area contributed by atoms with E-state index in [0.29, 0.717) is 5.41 Å². The molecule has 2 unspecified atom stereocenters. The lowest BCUT2D eigenvalue weighted by molar-refractivity contribution is 0.136. The van der Waals surface area contributed by atoms with E-state index in [-0.39, 0.29) is 0 Å². The molecular weight excluding hydrogens is 224 g/mol. The highest BCUT2D eigenvalue weighted by atomic mass is 32.2. The fourth-order valence-electron chi connectivity index (χ4n) is 3.15. The van der Waals surface area contributed by atoms with Crippen LogP contribution in [0.5, 0.6) is 0 Å². The van der Waals surface area contributed by atoms with Crippen LogP contribution < -0.4 is 0 Å². The Kier molecular flexibility index (Phi) is 6.40. The Balaban J connectivity index is 2.37. The van der Waals surface area contributed by atoms with Gasteiger partial charge in [-0.1, -0.05) is 47.0 Å². The van der Waals surface area contributed by atoms with E-state index in [0.717, 1.165) is 17.1 Å². The highest BCUT2D eigenvalue weighted by Crippen LogP contribution is 2.42. The van der Waals surface area contributed by atoms with E-state index in [9.17, 15) is 0 Å². The molecule has 0 aromatic heterocycles. The highest BCUT2D eigenvalue weighted by molar-refractivity contribution is 7.99. The molecule has 17 heavy (non-hydrogen) atoms. The fraction of sp³-hybridized carbons (Fsp3) is 1.00. The zero-order valence-electron chi connectivity index (χ0n) is 12.6. The van der Waals surface area contributed by atoms with Crippen LogP contribution in [0, 0.1) is 17.3 Å². The van der Waals surface area contributed by atoms with Crippen molar-refractivity contribution < 1.29 is 0 Å². The number of hydrogen-bond acceptors (Lipinski definition) is 1. The maximum absolute atomic E-state index is 2.51. The zero-order chi connectivity index (χ0) is 12.9. The van der Waals surface area contributed by atoms with Crippen LogP contribution in [0.1, 0.15) is 72.6 Å². The third kappa shape index (κ3) is 4.85. The third-order valence-electron chi connectivity index (χ3n) is 5.13. The molecular formula is C16H32S. The Labute approximate surface area is 113 Å². The molecule has 1 rings (SSSR count). The Bertz CT molecular complexity index is 204. The highest BCUT2D eigenvalue weighted by Gasteiger charge is 2.30. The van der Waals surface area contributed by atoms with Crippen molar-refractivity contribution in [3.8, 4) is 0 Å². The molecule has 0 radical (unpaired) electrons. The van der Waals surface area contributed by atoms with Crippen LogP contribution in [0.3, 0.4) is 0 Å². The standard InChI is InChI=1S/C16H32S/c1-13(14(2)17-5)11-12-16(3,4)15-9-7-6-8-10-15/h13-15H,6-12H2,1-5H3. The molecule has 0 nitrogen and oxygen atoms in total. The van der Waals surface area contributed by atoms with Crippen LogP contribution in [0.15, 0.2) is 0 Å². The summed E-state index contributed by atoms with van der Waals surface area (Å²) in [6.45, 7) is 9.83. The first kappa shape index (κ1) is 15.4. The minimum atomic E-state index is 0.576. The summed E-state index contributed by atoms with van der Waals surface area (Å²) >= 11 is 2.02. The van der Waals surface area contributed by atoms with Gasteiger partial charge in [0.15, 0.2) is 0 Å². The fourth-order valence-corrected chi connectivity index (χ4v) is 3.76. The Hall–Kier alpha value is 0.350. The second-order valence-corrected chi connectivity index (χ2v) is 8.00. The number of thioether (sulfide) groups is 1. The molecule has 102 valence electrons. The van der Waals surface area contributed by atoms with Crippen LogP contribution in [-0.2, 0) is 0 Å². The summed E-state index contributed by atoms with van der Waals surface area (Å²) in [7, 11) is 0. The molecule has 1 aliphatic carbocycles. The summed E-state index contributed by atoms with van der Waals surface area (Å²) < 4.78 is 0. The third-order valence-corrected chi connectivity index (χ3v) is 6.34. The first-order valence-corrected chi connectivity index (χ1v) is 8.79. The molecule has 0 saturated heterocycles. The average Bonchev–Trinajstić information content (AvgIpc) is 2.36. The molecule has 1 heteroatoms. The van der Waals surface area contributed by atoms with Gasteiger partial charge in [0, 0.05) is 5.25 Å². The number of hydrogen-bond donors (Lipinski definition) is 0. The average molecular weight is 256 g/mol. The van der Waals surface area contributed by atoms with E-state index in [2.05, 4.69) is 34.0 Å². The second kappa shape index (κ2) is 7.07. The van der Waals surface area contributed by atoms with Gasteiger partial charge in [-0.15, -0.1) is 0 Å². The molecule has 0 heterocycles. The summed E-state index contributed by atoms with van der Waals surface area (Å²) in [5, 5.41) is 0.817. The smallest absolute Gasteiger partial charge is 0.00415 e. The van der Waals surface area contributed by atoms with Gasteiger partial charge in [-0.2, -0.15) is 11.8 Å². The lowest BCUT2D eigenvalue weighted by Gasteiger charge is -2.38. The summed E-state index contributed by atoms with van der Waals surface area (Å²) in [4.78, 5) is 0. The molecule has 2 atom stereocenters.